The van der Waals surface area contributed by atoms with E-state index in [0.717, 1.165) is 12.3 Å². The standard InChI is InChI=1S/C11H22ClN/c1-10(7-5-6-8-12)9-13-11(2,3)4/h9-10H,5-8H2,1-4H3. The van der Waals surface area contributed by atoms with Crippen molar-refractivity contribution in [3.8, 4) is 0 Å². The van der Waals surface area contributed by atoms with Crippen LogP contribution in [0, 0.1) is 5.92 Å². The second kappa shape index (κ2) is 6.42. The van der Waals surface area contributed by atoms with Gasteiger partial charge in [0.25, 0.3) is 0 Å². The van der Waals surface area contributed by atoms with Gasteiger partial charge in [-0.15, -0.1) is 11.6 Å². The fourth-order valence-corrected chi connectivity index (χ4v) is 1.18. The van der Waals surface area contributed by atoms with Gasteiger partial charge in [0, 0.05) is 12.1 Å². The SMILES string of the molecule is CC(C=NC(C)(C)C)CCCCCl. The highest BCUT2D eigenvalue weighted by Gasteiger charge is 2.06. The Morgan fingerprint density at radius 3 is 2.38 bits per heavy atom. The molecule has 13 heavy (non-hydrogen) atoms. The van der Waals surface area contributed by atoms with E-state index in [-0.39, 0.29) is 5.54 Å². The lowest BCUT2D eigenvalue weighted by molar-refractivity contribution is 0.570. The number of aliphatic imine (C=N–C) groups is 1. The fraction of sp³-hybridized carbons (Fsp3) is 0.909. The molecule has 0 aromatic carbocycles. The number of nitrogens with zero attached hydrogens (tertiary/aromatic N) is 1. The van der Waals surface area contributed by atoms with Crippen molar-refractivity contribution in [3.63, 3.8) is 0 Å². The maximum atomic E-state index is 5.60. The summed E-state index contributed by atoms with van der Waals surface area (Å²) in [5.41, 5.74) is 0.0702. The number of hydrogen-bond acceptors (Lipinski definition) is 1. The van der Waals surface area contributed by atoms with Crippen molar-refractivity contribution >= 4 is 17.8 Å². The molecule has 0 aliphatic carbocycles. The van der Waals surface area contributed by atoms with Gasteiger partial charge in [-0.1, -0.05) is 13.3 Å². The maximum Gasteiger partial charge on any atom is 0.0520 e. The molecule has 0 aromatic heterocycles. The molecule has 1 unspecified atom stereocenters. The van der Waals surface area contributed by atoms with Crippen LogP contribution in [-0.4, -0.2) is 17.6 Å². The molecule has 0 amide bonds. The average Bonchev–Trinajstić information content (AvgIpc) is 2.00. The molecule has 0 fully saturated rings. The summed E-state index contributed by atoms with van der Waals surface area (Å²) < 4.78 is 0. The smallest absolute Gasteiger partial charge is 0.0520 e. The topological polar surface area (TPSA) is 12.4 Å². The normalized spacial score (nSPS) is 15.2. The Labute approximate surface area is 87.6 Å². The van der Waals surface area contributed by atoms with Crippen LogP contribution in [0.15, 0.2) is 4.99 Å². The zero-order valence-electron chi connectivity index (χ0n) is 9.31. The molecule has 0 spiro atoms. The van der Waals surface area contributed by atoms with Gasteiger partial charge in [0.2, 0.25) is 0 Å². The van der Waals surface area contributed by atoms with Crippen molar-refractivity contribution in [2.45, 2.75) is 52.5 Å². The molecule has 78 valence electrons. The van der Waals surface area contributed by atoms with Gasteiger partial charge in [-0.2, -0.15) is 0 Å². The summed E-state index contributed by atoms with van der Waals surface area (Å²) in [4.78, 5) is 4.48. The Bertz CT molecular complexity index is 147. The lowest BCUT2D eigenvalue weighted by atomic mass is 10.0. The van der Waals surface area contributed by atoms with Crippen LogP contribution in [0.4, 0.5) is 0 Å². The van der Waals surface area contributed by atoms with E-state index in [1.54, 1.807) is 0 Å². The second-order valence-electron chi connectivity index (χ2n) is 4.61. The first-order valence-corrected chi connectivity index (χ1v) is 5.60. The highest BCUT2D eigenvalue weighted by Crippen LogP contribution is 2.10. The van der Waals surface area contributed by atoms with Gasteiger partial charge >= 0.3 is 0 Å². The molecule has 0 aliphatic heterocycles. The fourth-order valence-electron chi connectivity index (χ4n) is 0.986. The Morgan fingerprint density at radius 2 is 1.92 bits per heavy atom. The van der Waals surface area contributed by atoms with E-state index in [4.69, 9.17) is 11.6 Å². The first-order chi connectivity index (χ1) is 5.95. The first-order valence-electron chi connectivity index (χ1n) is 5.07. The zero-order valence-corrected chi connectivity index (χ0v) is 10.1. The van der Waals surface area contributed by atoms with Crippen molar-refractivity contribution in [2.24, 2.45) is 10.9 Å². The second-order valence-corrected chi connectivity index (χ2v) is 4.99. The lowest BCUT2D eigenvalue weighted by Gasteiger charge is -2.13. The largest absolute Gasteiger partial charge is 0.291 e. The lowest BCUT2D eigenvalue weighted by Crippen LogP contribution is -2.11. The Kier molecular flexibility index (Phi) is 6.40. The number of hydrogen-bond donors (Lipinski definition) is 0. The summed E-state index contributed by atoms with van der Waals surface area (Å²) >= 11 is 5.60. The molecule has 0 aliphatic rings. The molecule has 0 bridgehead atoms. The molecule has 0 saturated carbocycles. The van der Waals surface area contributed by atoms with E-state index in [1.165, 1.54) is 12.8 Å². The summed E-state index contributed by atoms with van der Waals surface area (Å²) in [6, 6.07) is 0. The molecule has 0 aromatic rings. The number of halogens is 1. The molecular weight excluding hydrogens is 182 g/mol. The van der Waals surface area contributed by atoms with Crippen LogP contribution in [-0.2, 0) is 0 Å². The average molecular weight is 204 g/mol. The maximum absolute atomic E-state index is 5.60. The minimum absolute atomic E-state index is 0.0702. The molecule has 1 nitrogen and oxygen atoms in total. The van der Waals surface area contributed by atoms with Crippen LogP contribution in [0.5, 0.6) is 0 Å². The number of alkyl halides is 1. The summed E-state index contributed by atoms with van der Waals surface area (Å²) in [5, 5.41) is 0. The summed E-state index contributed by atoms with van der Waals surface area (Å²) in [7, 11) is 0. The van der Waals surface area contributed by atoms with Crippen molar-refractivity contribution in [1.82, 2.24) is 0 Å². The van der Waals surface area contributed by atoms with Crippen LogP contribution in [0.3, 0.4) is 0 Å². The van der Waals surface area contributed by atoms with Gasteiger partial charge in [-0.05, 0) is 39.5 Å². The van der Waals surface area contributed by atoms with Crippen molar-refractivity contribution in [3.05, 3.63) is 0 Å². The van der Waals surface area contributed by atoms with E-state index < -0.39 is 0 Å². The quantitative estimate of drug-likeness (QED) is 0.365. The van der Waals surface area contributed by atoms with Crippen molar-refractivity contribution in [2.75, 3.05) is 5.88 Å². The van der Waals surface area contributed by atoms with Gasteiger partial charge in [-0.25, -0.2) is 0 Å². The summed E-state index contributed by atoms with van der Waals surface area (Å²) in [6.07, 6.45) is 5.61. The third kappa shape index (κ3) is 9.88. The van der Waals surface area contributed by atoms with Crippen molar-refractivity contribution in [1.29, 1.82) is 0 Å². The van der Waals surface area contributed by atoms with Crippen LogP contribution >= 0.6 is 11.6 Å². The first kappa shape index (κ1) is 13.0. The molecule has 0 rings (SSSR count). The van der Waals surface area contributed by atoms with Crippen LogP contribution in [0.1, 0.15) is 47.0 Å². The summed E-state index contributed by atoms with van der Waals surface area (Å²) in [6.45, 7) is 8.57. The monoisotopic (exact) mass is 203 g/mol. The van der Waals surface area contributed by atoms with E-state index >= 15 is 0 Å². The molecule has 0 heterocycles. The molecule has 0 N–H and O–H groups in total. The zero-order chi connectivity index (χ0) is 10.3. The van der Waals surface area contributed by atoms with E-state index in [1.807, 2.05) is 0 Å². The molecule has 0 radical (unpaired) electrons. The predicted molar refractivity (Wildman–Crippen MR) is 62.0 cm³/mol. The van der Waals surface area contributed by atoms with E-state index in [2.05, 4.69) is 38.9 Å². The highest BCUT2D eigenvalue weighted by atomic mass is 35.5. The van der Waals surface area contributed by atoms with Gasteiger partial charge in [0.15, 0.2) is 0 Å². The van der Waals surface area contributed by atoms with Gasteiger partial charge < -0.3 is 0 Å². The Hall–Kier alpha value is -0.0400. The number of rotatable bonds is 5. The molecule has 1 atom stereocenters. The molecular formula is C11H22ClN. The van der Waals surface area contributed by atoms with Gasteiger partial charge in [0.05, 0.1) is 5.54 Å². The molecule has 0 saturated heterocycles. The van der Waals surface area contributed by atoms with E-state index in [0.29, 0.717) is 5.92 Å². The minimum atomic E-state index is 0.0702. The number of unbranched alkanes of at least 4 members (excludes halogenated alkanes) is 1. The third-order valence-corrected chi connectivity index (χ3v) is 2.03. The van der Waals surface area contributed by atoms with E-state index in [9.17, 15) is 0 Å². The Morgan fingerprint density at radius 1 is 1.31 bits per heavy atom. The Balaban J connectivity index is 3.61. The van der Waals surface area contributed by atoms with Gasteiger partial charge in [-0.3, -0.25) is 4.99 Å². The van der Waals surface area contributed by atoms with Crippen LogP contribution in [0.25, 0.3) is 0 Å². The minimum Gasteiger partial charge on any atom is -0.291 e. The molecule has 2 heteroatoms. The van der Waals surface area contributed by atoms with Gasteiger partial charge in [0.1, 0.15) is 0 Å². The van der Waals surface area contributed by atoms with Crippen molar-refractivity contribution < 1.29 is 0 Å². The van der Waals surface area contributed by atoms with Crippen LogP contribution < -0.4 is 0 Å². The summed E-state index contributed by atoms with van der Waals surface area (Å²) in [5.74, 6) is 1.37. The van der Waals surface area contributed by atoms with Crippen LogP contribution in [0.2, 0.25) is 0 Å². The predicted octanol–water partition coefficient (Wildman–Crippen LogP) is 3.90. The third-order valence-electron chi connectivity index (χ3n) is 1.76. The highest BCUT2D eigenvalue weighted by molar-refractivity contribution is 6.17.